The molecular weight excluding hydrogens is 320 g/mol. The third-order valence-electron chi connectivity index (χ3n) is 4.46. The minimum atomic E-state index is -0.726. The molecule has 0 aliphatic carbocycles. The number of nitrogens with one attached hydrogen (secondary N) is 2. The van der Waals surface area contributed by atoms with Gasteiger partial charge in [0.25, 0.3) is 5.91 Å². The van der Waals surface area contributed by atoms with E-state index in [2.05, 4.69) is 10.6 Å². The SMILES string of the molecule is COC1(C(=O)NC(C)c2ccc3c(c2)OCO3)CCNCC1.Cl. The second-order valence-corrected chi connectivity index (χ2v) is 5.76. The van der Waals surface area contributed by atoms with Gasteiger partial charge in [0.05, 0.1) is 6.04 Å². The lowest BCUT2D eigenvalue weighted by Gasteiger charge is -2.35. The van der Waals surface area contributed by atoms with E-state index < -0.39 is 5.60 Å². The minimum absolute atomic E-state index is 0. The normalized spacial score (nSPS) is 19.6. The molecule has 1 aromatic rings. The molecular formula is C16H23ClN2O4. The maximum atomic E-state index is 12.6. The molecule has 0 saturated carbocycles. The predicted octanol–water partition coefficient (Wildman–Crippen LogP) is 1.78. The van der Waals surface area contributed by atoms with Crippen LogP contribution in [0.15, 0.2) is 18.2 Å². The van der Waals surface area contributed by atoms with Crippen LogP contribution in [0.3, 0.4) is 0 Å². The minimum Gasteiger partial charge on any atom is -0.454 e. The van der Waals surface area contributed by atoms with Crippen molar-refractivity contribution >= 4 is 18.3 Å². The second kappa shape index (κ2) is 7.38. The van der Waals surface area contributed by atoms with Gasteiger partial charge in [0.15, 0.2) is 11.5 Å². The highest BCUT2D eigenvalue weighted by atomic mass is 35.5. The molecule has 0 bridgehead atoms. The molecule has 1 atom stereocenters. The smallest absolute Gasteiger partial charge is 0.252 e. The fourth-order valence-corrected chi connectivity index (χ4v) is 2.95. The highest BCUT2D eigenvalue weighted by Crippen LogP contribution is 2.34. The molecule has 0 aromatic heterocycles. The lowest BCUT2D eigenvalue weighted by atomic mass is 9.90. The molecule has 1 aromatic carbocycles. The maximum absolute atomic E-state index is 12.6. The van der Waals surface area contributed by atoms with Crippen LogP contribution >= 0.6 is 12.4 Å². The van der Waals surface area contributed by atoms with Crippen LogP contribution in [0.1, 0.15) is 31.4 Å². The number of carbonyl (C=O) groups excluding carboxylic acids is 1. The van der Waals surface area contributed by atoms with Crippen molar-refractivity contribution in [2.75, 3.05) is 27.0 Å². The zero-order valence-electron chi connectivity index (χ0n) is 13.4. The standard InChI is InChI=1S/C16H22N2O4.ClH/c1-11(12-3-4-13-14(9-12)22-10-21-13)18-15(19)16(20-2)5-7-17-8-6-16;/h3-4,9,11,17H,5-8,10H2,1-2H3,(H,18,19);1H. The van der Waals surface area contributed by atoms with Crippen molar-refractivity contribution in [1.82, 2.24) is 10.6 Å². The lowest BCUT2D eigenvalue weighted by molar-refractivity contribution is -0.147. The van der Waals surface area contributed by atoms with Crippen molar-refractivity contribution < 1.29 is 19.0 Å². The Morgan fingerprint density at radius 1 is 1.30 bits per heavy atom. The number of piperidine rings is 1. The van der Waals surface area contributed by atoms with E-state index in [1.165, 1.54) is 0 Å². The highest BCUT2D eigenvalue weighted by Gasteiger charge is 2.40. The molecule has 2 heterocycles. The topological polar surface area (TPSA) is 68.8 Å². The first-order chi connectivity index (χ1) is 10.6. The molecule has 1 amide bonds. The Kier molecular flexibility index (Phi) is 5.73. The number of carbonyl (C=O) groups is 1. The van der Waals surface area contributed by atoms with E-state index in [-0.39, 0.29) is 31.1 Å². The van der Waals surface area contributed by atoms with Crippen LogP contribution in [0.25, 0.3) is 0 Å². The number of hydrogen-bond acceptors (Lipinski definition) is 5. The van der Waals surface area contributed by atoms with Crippen LogP contribution in [-0.4, -0.2) is 38.5 Å². The summed E-state index contributed by atoms with van der Waals surface area (Å²) in [6.07, 6.45) is 1.37. The van der Waals surface area contributed by atoms with Gasteiger partial charge in [-0.3, -0.25) is 4.79 Å². The van der Waals surface area contributed by atoms with Crippen LogP contribution in [0.2, 0.25) is 0 Å². The van der Waals surface area contributed by atoms with Crippen molar-refractivity contribution in [1.29, 1.82) is 0 Å². The number of amides is 1. The summed E-state index contributed by atoms with van der Waals surface area (Å²) in [4.78, 5) is 12.6. The van der Waals surface area contributed by atoms with Crippen molar-refractivity contribution in [2.24, 2.45) is 0 Å². The third-order valence-corrected chi connectivity index (χ3v) is 4.46. The number of fused-ring (bicyclic) bond motifs is 1. The van der Waals surface area contributed by atoms with E-state index in [1.807, 2.05) is 25.1 Å². The molecule has 2 aliphatic rings. The molecule has 0 spiro atoms. The van der Waals surface area contributed by atoms with Crippen LogP contribution in [-0.2, 0) is 9.53 Å². The van der Waals surface area contributed by atoms with Crippen molar-refractivity contribution in [3.05, 3.63) is 23.8 Å². The summed E-state index contributed by atoms with van der Waals surface area (Å²) in [7, 11) is 1.61. The van der Waals surface area contributed by atoms with Crippen molar-refractivity contribution in [2.45, 2.75) is 31.4 Å². The van der Waals surface area contributed by atoms with Gasteiger partial charge >= 0.3 is 0 Å². The van der Waals surface area contributed by atoms with Gasteiger partial charge in [-0.2, -0.15) is 0 Å². The number of halogens is 1. The number of hydrogen-bond donors (Lipinski definition) is 2. The first-order valence-corrected chi connectivity index (χ1v) is 7.61. The average molecular weight is 343 g/mol. The van der Waals surface area contributed by atoms with E-state index >= 15 is 0 Å². The Bertz CT molecular complexity index is 561. The Hall–Kier alpha value is -1.50. The molecule has 23 heavy (non-hydrogen) atoms. The number of rotatable bonds is 4. The van der Waals surface area contributed by atoms with Gasteiger partial charge in [0.1, 0.15) is 5.60 Å². The van der Waals surface area contributed by atoms with E-state index in [1.54, 1.807) is 7.11 Å². The van der Waals surface area contributed by atoms with E-state index in [9.17, 15) is 4.79 Å². The molecule has 2 N–H and O–H groups in total. The summed E-state index contributed by atoms with van der Waals surface area (Å²) in [5.74, 6) is 1.41. The van der Waals surface area contributed by atoms with Gasteiger partial charge in [-0.05, 0) is 50.6 Å². The van der Waals surface area contributed by atoms with E-state index in [4.69, 9.17) is 14.2 Å². The Balaban J connectivity index is 0.00000192. The van der Waals surface area contributed by atoms with Gasteiger partial charge in [0, 0.05) is 7.11 Å². The zero-order valence-corrected chi connectivity index (χ0v) is 14.2. The Morgan fingerprint density at radius 2 is 2.00 bits per heavy atom. The molecule has 7 heteroatoms. The lowest BCUT2D eigenvalue weighted by Crippen LogP contribution is -2.54. The Labute approximate surface area is 142 Å². The van der Waals surface area contributed by atoms with Crippen LogP contribution in [0, 0.1) is 0 Å². The van der Waals surface area contributed by atoms with E-state index in [0.29, 0.717) is 12.8 Å². The summed E-state index contributed by atoms with van der Waals surface area (Å²) < 4.78 is 16.2. The predicted molar refractivity (Wildman–Crippen MR) is 88.2 cm³/mol. The quantitative estimate of drug-likeness (QED) is 0.873. The zero-order chi connectivity index (χ0) is 15.6. The molecule has 3 rings (SSSR count). The number of benzene rings is 1. The maximum Gasteiger partial charge on any atom is 0.252 e. The molecule has 1 saturated heterocycles. The molecule has 6 nitrogen and oxygen atoms in total. The first kappa shape index (κ1) is 17.8. The molecule has 1 fully saturated rings. The fraction of sp³-hybridized carbons (Fsp3) is 0.562. The van der Waals surface area contributed by atoms with Crippen LogP contribution < -0.4 is 20.1 Å². The Morgan fingerprint density at radius 3 is 2.70 bits per heavy atom. The second-order valence-electron chi connectivity index (χ2n) is 5.76. The highest BCUT2D eigenvalue weighted by molar-refractivity contribution is 5.86. The van der Waals surface area contributed by atoms with E-state index in [0.717, 1.165) is 30.2 Å². The average Bonchev–Trinajstić information content (AvgIpc) is 3.02. The van der Waals surface area contributed by atoms with Gasteiger partial charge in [-0.15, -0.1) is 12.4 Å². The summed E-state index contributed by atoms with van der Waals surface area (Å²) in [6, 6.07) is 5.61. The number of ether oxygens (including phenoxy) is 3. The van der Waals surface area contributed by atoms with Crippen molar-refractivity contribution in [3.63, 3.8) is 0 Å². The van der Waals surface area contributed by atoms with Gasteiger partial charge in [-0.25, -0.2) is 0 Å². The fourth-order valence-electron chi connectivity index (χ4n) is 2.95. The van der Waals surface area contributed by atoms with Gasteiger partial charge in [0.2, 0.25) is 6.79 Å². The van der Waals surface area contributed by atoms with Gasteiger partial charge < -0.3 is 24.8 Å². The molecule has 1 unspecified atom stereocenters. The summed E-state index contributed by atoms with van der Waals surface area (Å²) in [5.41, 5.74) is 0.258. The molecule has 0 radical (unpaired) electrons. The van der Waals surface area contributed by atoms with Gasteiger partial charge in [-0.1, -0.05) is 6.07 Å². The number of methoxy groups -OCH3 is 1. The van der Waals surface area contributed by atoms with Crippen LogP contribution in [0.4, 0.5) is 0 Å². The largest absolute Gasteiger partial charge is 0.454 e. The third kappa shape index (κ3) is 3.54. The first-order valence-electron chi connectivity index (χ1n) is 7.61. The summed E-state index contributed by atoms with van der Waals surface area (Å²) >= 11 is 0. The summed E-state index contributed by atoms with van der Waals surface area (Å²) in [5, 5.41) is 6.31. The molecule has 2 aliphatic heterocycles. The van der Waals surface area contributed by atoms with Crippen LogP contribution in [0.5, 0.6) is 11.5 Å². The monoisotopic (exact) mass is 342 g/mol. The summed E-state index contributed by atoms with van der Waals surface area (Å²) in [6.45, 7) is 3.79. The molecule has 128 valence electrons. The van der Waals surface area contributed by atoms with Crippen molar-refractivity contribution in [3.8, 4) is 11.5 Å².